The molecule has 9 heteroatoms. The second-order valence-electron chi connectivity index (χ2n) is 8.65. The third-order valence-corrected chi connectivity index (χ3v) is 6.63. The fourth-order valence-corrected chi connectivity index (χ4v) is 4.94. The molecule has 1 aromatic carbocycles. The average molecular weight is 445 g/mol. The first-order chi connectivity index (χ1) is 15.0. The first kappa shape index (κ1) is 21.8. The first-order valence-corrected chi connectivity index (χ1v) is 11.3. The van der Waals surface area contributed by atoms with E-state index in [1.54, 1.807) is 22.0 Å². The van der Waals surface area contributed by atoms with Gasteiger partial charge in [-0.1, -0.05) is 25.4 Å². The van der Waals surface area contributed by atoms with E-state index >= 15 is 0 Å². The third-order valence-electron chi connectivity index (χ3n) is 6.39. The van der Waals surface area contributed by atoms with Crippen molar-refractivity contribution in [2.75, 3.05) is 13.1 Å². The number of hydrogen-bond donors (Lipinski definition) is 2. The number of carbonyl (C=O) groups is 2. The standard InChI is InChI=1S/C22H29ClN6O2/c1-14(2)17-7-8-25-20(17)22(31)28-9-3-4-19(28)21(30)26-11-15-10-16(23)5-6-18(15)29-13-24-12-27-29/h5-6,10,12-14,17,19-20,25H,3-4,7-9,11H2,1-2H3,(H,26,30). The lowest BCUT2D eigenvalue weighted by molar-refractivity contribution is -0.140. The Morgan fingerprint density at radius 2 is 2.16 bits per heavy atom. The summed E-state index contributed by atoms with van der Waals surface area (Å²) in [7, 11) is 0. The van der Waals surface area contributed by atoms with Gasteiger partial charge in [0.25, 0.3) is 0 Å². The number of halogens is 1. The molecule has 0 saturated carbocycles. The summed E-state index contributed by atoms with van der Waals surface area (Å²) in [5.41, 5.74) is 1.64. The quantitative estimate of drug-likeness (QED) is 0.712. The molecule has 3 unspecified atom stereocenters. The minimum absolute atomic E-state index is 0.0555. The second kappa shape index (κ2) is 9.36. The molecule has 2 aliphatic heterocycles. The number of carbonyl (C=O) groups excluding carboxylic acids is 2. The monoisotopic (exact) mass is 444 g/mol. The predicted octanol–water partition coefficient (Wildman–Crippen LogP) is 2.16. The Morgan fingerprint density at radius 1 is 1.32 bits per heavy atom. The van der Waals surface area contributed by atoms with Crippen LogP contribution < -0.4 is 10.6 Å². The van der Waals surface area contributed by atoms with Crippen molar-refractivity contribution in [2.24, 2.45) is 11.8 Å². The van der Waals surface area contributed by atoms with Gasteiger partial charge < -0.3 is 15.5 Å². The van der Waals surface area contributed by atoms with Crippen molar-refractivity contribution in [3.05, 3.63) is 41.4 Å². The summed E-state index contributed by atoms with van der Waals surface area (Å²) in [5, 5.41) is 11.1. The molecule has 0 spiro atoms. The van der Waals surface area contributed by atoms with Gasteiger partial charge in [-0.3, -0.25) is 9.59 Å². The maximum absolute atomic E-state index is 13.3. The number of hydrogen-bond acceptors (Lipinski definition) is 5. The van der Waals surface area contributed by atoms with E-state index < -0.39 is 6.04 Å². The Kier molecular flexibility index (Phi) is 6.57. The van der Waals surface area contributed by atoms with Crippen molar-refractivity contribution in [1.29, 1.82) is 0 Å². The largest absolute Gasteiger partial charge is 0.350 e. The zero-order valence-electron chi connectivity index (χ0n) is 17.9. The van der Waals surface area contributed by atoms with E-state index in [4.69, 9.17) is 11.6 Å². The molecule has 4 rings (SSSR count). The zero-order valence-corrected chi connectivity index (χ0v) is 18.7. The predicted molar refractivity (Wildman–Crippen MR) is 118 cm³/mol. The molecule has 31 heavy (non-hydrogen) atoms. The summed E-state index contributed by atoms with van der Waals surface area (Å²) in [6.45, 7) is 6.09. The molecule has 1 aromatic heterocycles. The molecule has 2 saturated heterocycles. The van der Waals surface area contributed by atoms with Gasteiger partial charge in [0, 0.05) is 18.1 Å². The summed E-state index contributed by atoms with van der Waals surface area (Å²) >= 11 is 6.18. The maximum atomic E-state index is 13.3. The molecule has 2 N–H and O–H groups in total. The highest BCUT2D eigenvalue weighted by Crippen LogP contribution is 2.28. The van der Waals surface area contributed by atoms with E-state index in [2.05, 4.69) is 34.6 Å². The highest BCUT2D eigenvalue weighted by Gasteiger charge is 2.42. The summed E-state index contributed by atoms with van der Waals surface area (Å²) in [6, 6.07) is 4.81. The van der Waals surface area contributed by atoms with Crippen LogP contribution in [0.5, 0.6) is 0 Å². The molecule has 2 aromatic rings. The molecule has 0 radical (unpaired) electrons. The fourth-order valence-electron chi connectivity index (χ4n) is 4.75. The molecule has 2 amide bonds. The number of benzene rings is 1. The van der Waals surface area contributed by atoms with Crippen molar-refractivity contribution >= 4 is 23.4 Å². The lowest BCUT2D eigenvalue weighted by Crippen LogP contribution is -2.52. The van der Waals surface area contributed by atoms with Gasteiger partial charge in [0.2, 0.25) is 11.8 Å². The van der Waals surface area contributed by atoms with Gasteiger partial charge in [-0.15, -0.1) is 0 Å². The second-order valence-corrected chi connectivity index (χ2v) is 9.09. The SMILES string of the molecule is CC(C)C1CCNC1C(=O)N1CCCC1C(=O)NCc1cc(Cl)ccc1-n1cncn1. The van der Waals surface area contributed by atoms with Gasteiger partial charge in [0.1, 0.15) is 18.7 Å². The molecule has 0 aliphatic carbocycles. The van der Waals surface area contributed by atoms with Crippen LogP contribution in [0.2, 0.25) is 5.02 Å². The van der Waals surface area contributed by atoms with E-state index in [1.807, 2.05) is 12.1 Å². The number of aromatic nitrogens is 3. The Balaban J connectivity index is 1.44. The normalized spacial score (nSPS) is 23.5. The highest BCUT2D eigenvalue weighted by atomic mass is 35.5. The number of amides is 2. The van der Waals surface area contributed by atoms with E-state index in [1.165, 1.54) is 6.33 Å². The van der Waals surface area contributed by atoms with Gasteiger partial charge >= 0.3 is 0 Å². The van der Waals surface area contributed by atoms with Crippen molar-refractivity contribution in [3.8, 4) is 5.69 Å². The smallest absolute Gasteiger partial charge is 0.243 e. The van der Waals surface area contributed by atoms with Crippen molar-refractivity contribution in [2.45, 2.75) is 51.7 Å². The molecule has 2 aliphatic rings. The summed E-state index contributed by atoms with van der Waals surface area (Å²) < 4.78 is 1.64. The highest BCUT2D eigenvalue weighted by molar-refractivity contribution is 6.30. The topological polar surface area (TPSA) is 92.2 Å². The van der Waals surface area contributed by atoms with Crippen LogP contribution in [0.3, 0.4) is 0 Å². The van der Waals surface area contributed by atoms with Crippen LogP contribution in [-0.2, 0) is 16.1 Å². The van der Waals surface area contributed by atoms with Crippen molar-refractivity contribution < 1.29 is 9.59 Å². The van der Waals surface area contributed by atoms with Crippen molar-refractivity contribution in [1.82, 2.24) is 30.3 Å². The maximum Gasteiger partial charge on any atom is 0.243 e. The summed E-state index contributed by atoms with van der Waals surface area (Å²) in [6.07, 6.45) is 5.58. The van der Waals surface area contributed by atoms with Gasteiger partial charge in [0.05, 0.1) is 11.7 Å². The van der Waals surface area contributed by atoms with Crippen LogP contribution in [0.4, 0.5) is 0 Å². The molecule has 8 nitrogen and oxygen atoms in total. The van der Waals surface area contributed by atoms with Crippen LogP contribution in [0.25, 0.3) is 5.69 Å². The van der Waals surface area contributed by atoms with Crippen LogP contribution in [0, 0.1) is 11.8 Å². The van der Waals surface area contributed by atoms with Gasteiger partial charge in [0.15, 0.2) is 0 Å². The van der Waals surface area contributed by atoms with Crippen molar-refractivity contribution in [3.63, 3.8) is 0 Å². The number of nitrogens with zero attached hydrogens (tertiary/aromatic N) is 4. The molecule has 166 valence electrons. The fraction of sp³-hybridized carbons (Fsp3) is 0.545. The summed E-state index contributed by atoms with van der Waals surface area (Å²) in [5.74, 6) is 0.666. The average Bonchev–Trinajstić information content (AvgIpc) is 3.52. The van der Waals surface area contributed by atoms with Crippen LogP contribution in [0.1, 0.15) is 38.7 Å². The molecule has 0 bridgehead atoms. The van der Waals surface area contributed by atoms with Crippen LogP contribution in [-0.4, -0.2) is 56.7 Å². The number of rotatable bonds is 6. The molecular weight excluding hydrogens is 416 g/mol. The van der Waals surface area contributed by atoms with Gasteiger partial charge in [-0.2, -0.15) is 5.10 Å². The van der Waals surface area contributed by atoms with Gasteiger partial charge in [-0.25, -0.2) is 9.67 Å². The van der Waals surface area contributed by atoms with Gasteiger partial charge in [-0.05, 0) is 61.4 Å². The van der Waals surface area contributed by atoms with E-state index in [-0.39, 0.29) is 17.9 Å². The minimum Gasteiger partial charge on any atom is -0.350 e. The zero-order chi connectivity index (χ0) is 22.0. The molecule has 3 atom stereocenters. The third kappa shape index (κ3) is 4.60. The Morgan fingerprint density at radius 3 is 2.90 bits per heavy atom. The molecular formula is C22H29ClN6O2. The Bertz CT molecular complexity index is 932. The number of nitrogens with one attached hydrogen (secondary N) is 2. The first-order valence-electron chi connectivity index (χ1n) is 10.9. The Labute approximate surface area is 187 Å². The van der Waals surface area contributed by atoms with E-state index in [0.717, 1.165) is 30.6 Å². The minimum atomic E-state index is -0.434. The van der Waals surface area contributed by atoms with E-state index in [9.17, 15) is 9.59 Å². The van der Waals surface area contributed by atoms with Crippen LogP contribution >= 0.6 is 11.6 Å². The Hall–Kier alpha value is -2.45. The molecule has 3 heterocycles. The molecule has 2 fully saturated rings. The van der Waals surface area contributed by atoms with E-state index in [0.29, 0.717) is 36.4 Å². The van der Waals surface area contributed by atoms with Crippen LogP contribution in [0.15, 0.2) is 30.9 Å². The number of likely N-dealkylation sites (tertiary alicyclic amines) is 1. The summed E-state index contributed by atoms with van der Waals surface area (Å²) in [4.78, 5) is 32.1. The lowest BCUT2D eigenvalue weighted by Gasteiger charge is -2.30. The lowest BCUT2D eigenvalue weighted by atomic mass is 9.88.